The van der Waals surface area contributed by atoms with E-state index in [1.165, 1.54) is 14.0 Å². The van der Waals surface area contributed by atoms with E-state index in [1.54, 1.807) is 12.1 Å². The molecule has 0 saturated carbocycles. The second-order valence-corrected chi connectivity index (χ2v) is 8.76. The summed E-state index contributed by atoms with van der Waals surface area (Å²) in [6.07, 6.45) is 5.09. The molecule has 2 N–H and O–H groups in total. The number of esters is 2. The molecule has 0 aromatic heterocycles. The van der Waals surface area contributed by atoms with Crippen LogP contribution in [0.15, 0.2) is 41.6 Å². The van der Waals surface area contributed by atoms with E-state index in [-0.39, 0.29) is 23.7 Å². The number of hydrogen-bond acceptors (Lipinski definition) is 7. The van der Waals surface area contributed by atoms with Crippen molar-refractivity contribution in [1.29, 1.82) is 0 Å². The maximum atomic E-state index is 12.9. The van der Waals surface area contributed by atoms with Gasteiger partial charge in [0.2, 0.25) is 0 Å². The second kappa shape index (κ2) is 6.35. The average Bonchev–Trinajstić information content (AvgIpc) is 3.26. The van der Waals surface area contributed by atoms with Crippen LogP contribution in [0.4, 0.5) is 5.69 Å². The fraction of sp³-hybridized carbons (Fsp3) is 0.478. The molecule has 7 nitrogen and oxygen atoms in total. The molecule has 4 aliphatic rings. The number of carbonyl (C=O) groups is 2. The number of rotatable bonds is 3. The molecule has 1 aromatic carbocycles. The topological polar surface area (TPSA) is 88.1 Å². The van der Waals surface area contributed by atoms with Gasteiger partial charge in [0.05, 0.1) is 18.1 Å². The zero-order valence-corrected chi connectivity index (χ0v) is 17.4. The lowest BCUT2D eigenvalue weighted by atomic mass is 9.54. The van der Waals surface area contributed by atoms with E-state index in [4.69, 9.17) is 9.47 Å². The monoisotopic (exact) mass is 410 g/mol. The van der Waals surface area contributed by atoms with Gasteiger partial charge in [-0.05, 0) is 31.4 Å². The normalized spacial score (nSPS) is 32.0. The van der Waals surface area contributed by atoms with E-state index >= 15 is 0 Å². The summed E-state index contributed by atoms with van der Waals surface area (Å²) >= 11 is 0. The van der Waals surface area contributed by atoms with Gasteiger partial charge in [0.25, 0.3) is 0 Å². The average molecular weight is 410 g/mol. The molecule has 0 unspecified atom stereocenters. The molecule has 5 rings (SSSR count). The van der Waals surface area contributed by atoms with E-state index in [1.807, 2.05) is 13.0 Å². The highest BCUT2D eigenvalue weighted by Gasteiger charge is 2.67. The van der Waals surface area contributed by atoms with E-state index < -0.39 is 16.9 Å². The number of ether oxygens (including phenoxy) is 2. The number of anilines is 1. The first-order chi connectivity index (χ1) is 14.3. The van der Waals surface area contributed by atoms with Crippen molar-refractivity contribution in [3.05, 3.63) is 47.2 Å². The summed E-state index contributed by atoms with van der Waals surface area (Å²) in [6.45, 7) is 5.02. The van der Waals surface area contributed by atoms with Crippen molar-refractivity contribution in [2.24, 2.45) is 5.41 Å². The first kappa shape index (κ1) is 19.2. The maximum absolute atomic E-state index is 12.9. The Labute approximate surface area is 175 Å². The highest BCUT2D eigenvalue weighted by Crippen LogP contribution is 2.64. The Balaban J connectivity index is 1.79. The number of benzene rings is 1. The van der Waals surface area contributed by atoms with Crippen molar-refractivity contribution in [1.82, 2.24) is 4.90 Å². The van der Waals surface area contributed by atoms with Crippen LogP contribution in [0.1, 0.15) is 32.3 Å². The largest absolute Gasteiger partial charge is 0.508 e. The second-order valence-electron chi connectivity index (χ2n) is 8.76. The third-order valence-electron chi connectivity index (χ3n) is 7.41. The summed E-state index contributed by atoms with van der Waals surface area (Å²) < 4.78 is 10.9. The Hall–Kier alpha value is -2.80. The number of phenolic OH excluding ortho intramolecular Hbond substituents is 1. The molecule has 1 fully saturated rings. The fourth-order valence-corrected chi connectivity index (χ4v) is 6.39. The number of phenols is 1. The van der Waals surface area contributed by atoms with Gasteiger partial charge >= 0.3 is 11.9 Å². The first-order valence-electron chi connectivity index (χ1n) is 10.3. The van der Waals surface area contributed by atoms with Gasteiger partial charge in [0.1, 0.15) is 11.9 Å². The highest BCUT2D eigenvalue weighted by molar-refractivity contribution is 5.93. The smallest absolute Gasteiger partial charge is 0.335 e. The van der Waals surface area contributed by atoms with Crippen LogP contribution in [0.2, 0.25) is 0 Å². The van der Waals surface area contributed by atoms with Gasteiger partial charge in [-0.2, -0.15) is 0 Å². The number of hydrogen-bond donors (Lipinski definition) is 2. The summed E-state index contributed by atoms with van der Waals surface area (Å²) in [4.78, 5) is 27.3. The van der Waals surface area contributed by atoms with Crippen molar-refractivity contribution in [3.63, 3.8) is 0 Å². The molecule has 158 valence electrons. The van der Waals surface area contributed by atoms with Gasteiger partial charge in [-0.3, -0.25) is 9.69 Å². The van der Waals surface area contributed by atoms with Crippen molar-refractivity contribution in [2.45, 2.75) is 44.2 Å². The predicted molar refractivity (Wildman–Crippen MR) is 110 cm³/mol. The molecule has 0 radical (unpaired) electrons. The van der Waals surface area contributed by atoms with Crippen molar-refractivity contribution >= 4 is 17.6 Å². The predicted octanol–water partition coefficient (Wildman–Crippen LogP) is 2.47. The minimum Gasteiger partial charge on any atom is -0.508 e. The molecule has 0 amide bonds. The molecule has 7 heteroatoms. The molecular weight excluding hydrogens is 384 g/mol. The van der Waals surface area contributed by atoms with Crippen LogP contribution in [0.25, 0.3) is 0 Å². The summed E-state index contributed by atoms with van der Waals surface area (Å²) in [5.41, 5.74) is 2.32. The van der Waals surface area contributed by atoms with Crippen LogP contribution in [0, 0.1) is 5.41 Å². The molecule has 1 saturated heterocycles. The van der Waals surface area contributed by atoms with Crippen LogP contribution in [-0.2, 0) is 24.5 Å². The first-order valence-corrected chi connectivity index (χ1v) is 10.3. The van der Waals surface area contributed by atoms with E-state index in [9.17, 15) is 14.7 Å². The minimum atomic E-state index is -0.561. The molecule has 30 heavy (non-hydrogen) atoms. The zero-order valence-electron chi connectivity index (χ0n) is 17.4. The van der Waals surface area contributed by atoms with Crippen LogP contribution in [-0.4, -0.2) is 54.3 Å². The molecule has 1 aliphatic carbocycles. The molecule has 4 atom stereocenters. The zero-order chi connectivity index (χ0) is 21.3. The molecule has 3 heterocycles. The van der Waals surface area contributed by atoms with Crippen LogP contribution < -0.4 is 5.32 Å². The number of nitrogens with one attached hydrogen (secondary N) is 1. The van der Waals surface area contributed by atoms with Gasteiger partial charge in [-0.25, -0.2) is 4.79 Å². The quantitative estimate of drug-likeness (QED) is 0.585. The highest BCUT2D eigenvalue weighted by atomic mass is 16.5. The Kier molecular flexibility index (Phi) is 4.06. The lowest BCUT2D eigenvalue weighted by molar-refractivity contribution is -0.154. The number of nitrogens with zero attached hydrogens (tertiary/aromatic N) is 1. The van der Waals surface area contributed by atoms with E-state index in [2.05, 4.69) is 22.4 Å². The number of aromatic hydroxyl groups is 1. The van der Waals surface area contributed by atoms with Gasteiger partial charge in [-0.15, -0.1) is 0 Å². The van der Waals surface area contributed by atoms with Crippen LogP contribution in [0.5, 0.6) is 5.75 Å². The SMILES string of the molecule is COC(=O)C1=C2Nc3cc(O)ccc3[C@@]23CCN2CC=C[C@@]([C@H](C)OC(C)=O)(C1)[C@H]23. The van der Waals surface area contributed by atoms with Gasteiger partial charge in [0, 0.05) is 48.9 Å². The standard InChI is InChI=1S/C23H26N2O5/c1-13(30-14(2)26)22-7-4-9-25-10-8-23(21(22)25)17-6-5-15(27)11-18(17)24-19(23)16(12-22)20(28)29-3/h4-7,11,13,21,24,27H,8-10,12H2,1-3H3/t13-,21-,22-,23-/m0/s1. The minimum absolute atomic E-state index is 0.0195. The summed E-state index contributed by atoms with van der Waals surface area (Å²) in [6, 6.07) is 5.38. The van der Waals surface area contributed by atoms with Crippen molar-refractivity contribution < 1.29 is 24.2 Å². The van der Waals surface area contributed by atoms with Crippen LogP contribution in [0.3, 0.4) is 0 Å². The Bertz CT molecular complexity index is 1010. The fourth-order valence-electron chi connectivity index (χ4n) is 6.39. The summed E-state index contributed by atoms with van der Waals surface area (Å²) in [7, 11) is 1.39. The van der Waals surface area contributed by atoms with E-state index in [0.717, 1.165) is 36.5 Å². The third-order valence-corrected chi connectivity index (χ3v) is 7.41. The number of fused-ring (bicyclic) bond motifs is 1. The number of methoxy groups -OCH3 is 1. The summed E-state index contributed by atoms with van der Waals surface area (Å²) in [5, 5.41) is 13.5. The Morgan fingerprint density at radius 3 is 2.90 bits per heavy atom. The van der Waals surface area contributed by atoms with E-state index in [0.29, 0.717) is 12.0 Å². The molecule has 0 bridgehead atoms. The Morgan fingerprint density at radius 1 is 1.37 bits per heavy atom. The molecule has 1 spiro atoms. The Morgan fingerprint density at radius 2 is 2.17 bits per heavy atom. The van der Waals surface area contributed by atoms with Crippen LogP contribution >= 0.6 is 0 Å². The maximum Gasteiger partial charge on any atom is 0.335 e. The van der Waals surface area contributed by atoms with Crippen molar-refractivity contribution in [3.8, 4) is 5.75 Å². The molecule has 1 aromatic rings. The number of carbonyl (C=O) groups excluding carboxylic acids is 2. The molecule has 3 aliphatic heterocycles. The summed E-state index contributed by atoms with van der Waals surface area (Å²) in [5.74, 6) is -0.535. The lowest BCUT2D eigenvalue weighted by Crippen LogP contribution is -2.62. The van der Waals surface area contributed by atoms with Crippen molar-refractivity contribution in [2.75, 3.05) is 25.5 Å². The lowest BCUT2D eigenvalue weighted by Gasteiger charge is -2.55. The third kappa shape index (κ3) is 2.29. The van der Waals surface area contributed by atoms with Gasteiger partial charge < -0.3 is 19.9 Å². The van der Waals surface area contributed by atoms with Gasteiger partial charge in [0.15, 0.2) is 0 Å². The molecular formula is C23H26N2O5. The van der Waals surface area contributed by atoms with Gasteiger partial charge in [-0.1, -0.05) is 18.2 Å².